The summed E-state index contributed by atoms with van der Waals surface area (Å²) in [5, 5.41) is 11.3. The Kier molecular flexibility index (Phi) is 20.0. The maximum atomic E-state index is 9.08. The molecule has 3 heteroatoms. The van der Waals surface area contributed by atoms with Crippen LogP contribution in [0.4, 0.5) is 0 Å². The summed E-state index contributed by atoms with van der Waals surface area (Å²) in [6, 6.07) is 0. The summed E-state index contributed by atoms with van der Waals surface area (Å²) in [5.41, 5.74) is 0. The van der Waals surface area contributed by atoms with Crippen molar-refractivity contribution in [3.05, 3.63) is 0 Å². The lowest BCUT2D eigenvalue weighted by Gasteiger charge is -2.04. The standard InChI is InChI=1S/C15H33NO.BrH/c1-3-4-5-6-7-8-9-10-11-12-13-16-14-15(2)17;/h15-17H,3-14H2,1-2H3;1H. The van der Waals surface area contributed by atoms with Crippen LogP contribution in [-0.2, 0) is 0 Å². The summed E-state index contributed by atoms with van der Waals surface area (Å²) in [6.07, 6.45) is 13.9. The van der Waals surface area contributed by atoms with E-state index >= 15 is 0 Å². The minimum absolute atomic E-state index is 0. The van der Waals surface area contributed by atoms with Crippen molar-refractivity contribution in [2.75, 3.05) is 13.1 Å². The van der Waals surface area contributed by atoms with Crippen LogP contribution in [0, 0.1) is 0 Å². The predicted octanol–water partition coefficient (Wildman–Crippen LogP) is -0.144. The molecule has 1 atom stereocenters. The fourth-order valence-corrected chi connectivity index (χ4v) is 2.14. The summed E-state index contributed by atoms with van der Waals surface area (Å²) >= 11 is 0. The SMILES string of the molecule is CCCCCCCCCCCC[NH2+]CC(C)O.[Br-]. The molecular weight excluding hydrogens is 290 g/mol. The van der Waals surface area contributed by atoms with E-state index in [1.54, 1.807) is 0 Å². The van der Waals surface area contributed by atoms with E-state index in [2.05, 4.69) is 12.2 Å². The second kappa shape index (κ2) is 17.4. The van der Waals surface area contributed by atoms with E-state index in [4.69, 9.17) is 5.11 Å². The second-order valence-corrected chi connectivity index (χ2v) is 5.34. The first-order valence-electron chi connectivity index (χ1n) is 7.77. The van der Waals surface area contributed by atoms with Gasteiger partial charge in [0.05, 0.1) is 12.6 Å². The topological polar surface area (TPSA) is 36.8 Å². The third-order valence-electron chi connectivity index (χ3n) is 3.27. The highest BCUT2D eigenvalue weighted by Crippen LogP contribution is 2.09. The maximum absolute atomic E-state index is 9.08. The van der Waals surface area contributed by atoms with E-state index in [0.717, 1.165) is 6.54 Å². The van der Waals surface area contributed by atoms with Crippen LogP contribution in [0.5, 0.6) is 0 Å². The number of nitrogens with two attached hydrogens (primary N) is 1. The number of aliphatic hydroxyl groups is 1. The number of aliphatic hydroxyl groups excluding tert-OH is 1. The highest BCUT2D eigenvalue weighted by atomic mass is 79.9. The Hall–Kier alpha value is 0.400. The van der Waals surface area contributed by atoms with Crippen molar-refractivity contribution >= 4 is 0 Å². The van der Waals surface area contributed by atoms with E-state index in [0.29, 0.717) is 0 Å². The molecule has 0 saturated heterocycles. The summed E-state index contributed by atoms with van der Waals surface area (Å²) in [5.74, 6) is 0. The molecule has 0 fully saturated rings. The highest BCUT2D eigenvalue weighted by Gasteiger charge is 1.97. The first-order valence-corrected chi connectivity index (χ1v) is 7.77. The smallest absolute Gasteiger partial charge is 0.102 e. The van der Waals surface area contributed by atoms with Crippen molar-refractivity contribution < 1.29 is 27.4 Å². The first kappa shape index (κ1) is 20.7. The average molecular weight is 324 g/mol. The van der Waals surface area contributed by atoms with Crippen LogP contribution in [0.2, 0.25) is 0 Å². The van der Waals surface area contributed by atoms with Crippen molar-refractivity contribution in [2.24, 2.45) is 0 Å². The molecule has 3 N–H and O–H groups in total. The number of quaternary nitrogens is 1. The zero-order chi connectivity index (χ0) is 12.8. The molecule has 1 unspecified atom stereocenters. The van der Waals surface area contributed by atoms with Gasteiger partial charge in [-0.25, -0.2) is 0 Å². The lowest BCUT2D eigenvalue weighted by atomic mass is 10.1. The van der Waals surface area contributed by atoms with Gasteiger partial charge in [0, 0.05) is 0 Å². The molecule has 0 aliphatic carbocycles. The fraction of sp³-hybridized carbons (Fsp3) is 1.00. The molecule has 18 heavy (non-hydrogen) atoms. The summed E-state index contributed by atoms with van der Waals surface area (Å²) in [4.78, 5) is 0. The molecule has 0 heterocycles. The van der Waals surface area contributed by atoms with Crippen LogP contribution < -0.4 is 22.3 Å². The molecule has 0 rings (SSSR count). The number of unbranched alkanes of at least 4 members (excludes halogenated alkanes) is 9. The molecular formula is C15H34BrNO. The number of hydrogen-bond acceptors (Lipinski definition) is 1. The molecule has 0 spiro atoms. The van der Waals surface area contributed by atoms with Gasteiger partial charge in [0.25, 0.3) is 0 Å². The van der Waals surface area contributed by atoms with Crippen LogP contribution in [0.25, 0.3) is 0 Å². The van der Waals surface area contributed by atoms with E-state index in [1.165, 1.54) is 70.8 Å². The molecule has 2 nitrogen and oxygen atoms in total. The number of hydrogen-bond donors (Lipinski definition) is 2. The molecule has 0 aromatic carbocycles. The molecule has 0 aromatic rings. The Balaban J connectivity index is 0. The molecule has 0 saturated carbocycles. The summed E-state index contributed by atoms with van der Waals surface area (Å²) in [7, 11) is 0. The average Bonchev–Trinajstić information content (AvgIpc) is 2.30. The third-order valence-corrected chi connectivity index (χ3v) is 3.27. The van der Waals surface area contributed by atoms with Gasteiger partial charge in [-0.3, -0.25) is 0 Å². The normalized spacial score (nSPS) is 12.2. The second-order valence-electron chi connectivity index (χ2n) is 5.34. The van der Waals surface area contributed by atoms with Crippen molar-refractivity contribution in [3.63, 3.8) is 0 Å². The van der Waals surface area contributed by atoms with E-state index < -0.39 is 0 Å². The Bertz CT molecular complexity index is 142. The molecule has 0 aliphatic heterocycles. The molecule has 0 bridgehead atoms. The van der Waals surface area contributed by atoms with E-state index in [1.807, 2.05) is 6.92 Å². The van der Waals surface area contributed by atoms with Crippen LogP contribution in [-0.4, -0.2) is 24.3 Å². The maximum Gasteiger partial charge on any atom is 0.102 e. The minimum Gasteiger partial charge on any atom is -1.00 e. The van der Waals surface area contributed by atoms with Crippen LogP contribution in [0.1, 0.15) is 78.1 Å². The van der Waals surface area contributed by atoms with Gasteiger partial charge in [-0.15, -0.1) is 0 Å². The van der Waals surface area contributed by atoms with Crippen molar-refractivity contribution in [1.29, 1.82) is 0 Å². The van der Waals surface area contributed by atoms with E-state index in [9.17, 15) is 0 Å². The summed E-state index contributed by atoms with van der Waals surface area (Å²) in [6.45, 7) is 6.17. The highest BCUT2D eigenvalue weighted by molar-refractivity contribution is 4.47. The van der Waals surface area contributed by atoms with Crippen LogP contribution in [0.3, 0.4) is 0 Å². The van der Waals surface area contributed by atoms with Gasteiger partial charge in [0.15, 0.2) is 0 Å². The van der Waals surface area contributed by atoms with Gasteiger partial charge >= 0.3 is 0 Å². The molecule has 0 aromatic heterocycles. The van der Waals surface area contributed by atoms with Gasteiger partial charge in [-0.1, -0.05) is 58.3 Å². The Morgan fingerprint density at radius 2 is 1.28 bits per heavy atom. The Morgan fingerprint density at radius 1 is 0.833 bits per heavy atom. The van der Waals surface area contributed by atoms with Crippen LogP contribution >= 0.6 is 0 Å². The predicted molar refractivity (Wildman–Crippen MR) is 75.2 cm³/mol. The van der Waals surface area contributed by atoms with Crippen molar-refractivity contribution in [1.82, 2.24) is 0 Å². The lowest BCUT2D eigenvalue weighted by Crippen LogP contribution is -3.00. The molecule has 0 aliphatic rings. The quantitative estimate of drug-likeness (QED) is 0.455. The molecule has 0 amide bonds. The molecule has 112 valence electrons. The number of halogens is 1. The van der Waals surface area contributed by atoms with Crippen LogP contribution in [0.15, 0.2) is 0 Å². The fourth-order valence-electron chi connectivity index (χ4n) is 2.14. The van der Waals surface area contributed by atoms with Crippen molar-refractivity contribution in [3.8, 4) is 0 Å². The largest absolute Gasteiger partial charge is 1.00 e. The van der Waals surface area contributed by atoms with Gasteiger partial charge in [-0.05, 0) is 19.8 Å². The molecule has 0 radical (unpaired) electrons. The van der Waals surface area contributed by atoms with Gasteiger partial charge in [-0.2, -0.15) is 0 Å². The van der Waals surface area contributed by atoms with Crippen molar-refractivity contribution in [2.45, 2.75) is 84.2 Å². The monoisotopic (exact) mass is 323 g/mol. The first-order chi connectivity index (χ1) is 8.27. The summed E-state index contributed by atoms with van der Waals surface area (Å²) < 4.78 is 0. The lowest BCUT2D eigenvalue weighted by molar-refractivity contribution is -0.660. The van der Waals surface area contributed by atoms with E-state index in [-0.39, 0.29) is 23.1 Å². The Morgan fingerprint density at radius 3 is 1.72 bits per heavy atom. The zero-order valence-corrected chi connectivity index (χ0v) is 14.1. The van der Waals surface area contributed by atoms with Gasteiger partial charge in [0.1, 0.15) is 6.54 Å². The van der Waals surface area contributed by atoms with Gasteiger partial charge in [0.2, 0.25) is 0 Å². The number of rotatable bonds is 13. The Labute approximate surface area is 125 Å². The third kappa shape index (κ3) is 18.8. The minimum atomic E-state index is -0.155. The zero-order valence-electron chi connectivity index (χ0n) is 12.5. The van der Waals surface area contributed by atoms with Gasteiger partial charge < -0.3 is 27.4 Å².